The van der Waals surface area contributed by atoms with Gasteiger partial charge >= 0.3 is 0 Å². The van der Waals surface area contributed by atoms with Crippen molar-refractivity contribution in [3.05, 3.63) is 70.5 Å². The second kappa shape index (κ2) is 6.61. The number of amides is 1. The number of benzene rings is 2. The average molecular weight is 385 g/mol. The lowest BCUT2D eigenvalue weighted by molar-refractivity contribution is -0.00353. The van der Waals surface area contributed by atoms with Crippen molar-refractivity contribution in [2.24, 2.45) is 5.92 Å². The molecular formula is C22H22ClFN2O. The van der Waals surface area contributed by atoms with Crippen molar-refractivity contribution >= 4 is 17.5 Å². The minimum Gasteiger partial charge on any atom is -0.333 e. The van der Waals surface area contributed by atoms with E-state index in [0.717, 1.165) is 25.9 Å². The number of piperidine rings is 3. The van der Waals surface area contributed by atoms with Gasteiger partial charge in [-0.15, -0.1) is 0 Å². The number of halogens is 2. The highest BCUT2D eigenvalue weighted by Gasteiger charge is 2.54. The van der Waals surface area contributed by atoms with Crippen molar-refractivity contribution < 1.29 is 9.18 Å². The molecule has 27 heavy (non-hydrogen) atoms. The third-order valence-corrected chi connectivity index (χ3v) is 6.88. The van der Waals surface area contributed by atoms with Gasteiger partial charge in [0, 0.05) is 23.5 Å². The fraction of sp³-hybridized carbons (Fsp3) is 0.409. The van der Waals surface area contributed by atoms with Crippen molar-refractivity contribution in [1.82, 2.24) is 9.80 Å². The van der Waals surface area contributed by atoms with Gasteiger partial charge in [-0.1, -0.05) is 41.9 Å². The number of hydrogen-bond acceptors (Lipinski definition) is 2. The van der Waals surface area contributed by atoms with E-state index in [9.17, 15) is 9.18 Å². The second-order valence-corrected chi connectivity index (χ2v) is 8.39. The first-order chi connectivity index (χ1) is 13.1. The standard InChI is InChI=1S/C22H22ClFN2O/c23-16-6-7-17(19(24)12-16)22(27)26-13-18(14-4-2-1-3-5-14)21-20(26)15-8-10-25(21)11-9-15/h1-7,12,15,18,20-21H,8-11,13H2/t18-,20-,21-/m1/s1. The summed E-state index contributed by atoms with van der Waals surface area (Å²) in [4.78, 5) is 17.8. The molecule has 4 aliphatic heterocycles. The second-order valence-electron chi connectivity index (χ2n) is 7.95. The molecule has 4 saturated heterocycles. The van der Waals surface area contributed by atoms with Crippen LogP contribution in [0.5, 0.6) is 0 Å². The van der Waals surface area contributed by atoms with Gasteiger partial charge in [0.15, 0.2) is 0 Å². The van der Waals surface area contributed by atoms with Crippen LogP contribution in [0.1, 0.15) is 34.7 Å². The zero-order valence-corrected chi connectivity index (χ0v) is 15.8. The zero-order chi connectivity index (χ0) is 18.5. The van der Waals surface area contributed by atoms with Crippen LogP contribution in [0.3, 0.4) is 0 Å². The summed E-state index contributed by atoms with van der Waals surface area (Å²) in [6.45, 7) is 2.85. The Balaban J connectivity index is 1.53. The topological polar surface area (TPSA) is 23.6 Å². The van der Waals surface area contributed by atoms with Gasteiger partial charge in [0.25, 0.3) is 5.91 Å². The molecule has 3 nitrogen and oxygen atoms in total. The molecule has 0 saturated carbocycles. The van der Waals surface area contributed by atoms with Gasteiger partial charge in [-0.2, -0.15) is 0 Å². The van der Waals surface area contributed by atoms with Crippen LogP contribution in [0, 0.1) is 11.7 Å². The molecule has 6 rings (SSSR count). The molecule has 0 aliphatic carbocycles. The first-order valence-corrected chi connectivity index (χ1v) is 10.1. The summed E-state index contributed by atoms with van der Waals surface area (Å²) in [7, 11) is 0. The maximum Gasteiger partial charge on any atom is 0.257 e. The molecule has 140 valence electrons. The van der Waals surface area contributed by atoms with Crippen molar-refractivity contribution in [1.29, 1.82) is 0 Å². The van der Waals surface area contributed by atoms with Gasteiger partial charge in [-0.25, -0.2) is 4.39 Å². The lowest BCUT2D eigenvalue weighted by Crippen LogP contribution is -2.60. The Hall–Kier alpha value is -1.91. The Kier molecular flexibility index (Phi) is 4.21. The van der Waals surface area contributed by atoms with Gasteiger partial charge in [-0.05, 0) is 55.6 Å². The van der Waals surface area contributed by atoms with E-state index in [0.29, 0.717) is 23.5 Å². The lowest BCUT2D eigenvalue weighted by Gasteiger charge is -2.51. The van der Waals surface area contributed by atoms with Gasteiger partial charge in [0.1, 0.15) is 5.82 Å². The molecule has 0 spiro atoms. The number of carbonyl (C=O) groups excluding carboxylic acids is 1. The summed E-state index contributed by atoms with van der Waals surface area (Å²) < 4.78 is 14.4. The molecule has 2 aromatic rings. The van der Waals surface area contributed by atoms with E-state index in [1.807, 2.05) is 11.0 Å². The summed E-state index contributed by atoms with van der Waals surface area (Å²) >= 11 is 5.88. The Morgan fingerprint density at radius 2 is 1.78 bits per heavy atom. The number of hydrogen-bond donors (Lipinski definition) is 0. The van der Waals surface area contributed by atoms with Crippen LogP contribution in [-0.2, 0) is 0 Å². The van der Waals surface area contributed by atoms with Gasteiger partial charge in [-0.3, -0.25) is 9.69 Å². The first-order valence-electron chi connectivity index (χ1n) is 9.68. The lowest BCUT2D eigenvalue weighted by atomic mass is 9.75. The van der Waals surface area contributed by atoms with Gasteiger partial charge in [0.2, 0.25) is 0 Å². The number of likely N-dealkylation sites (tertiary alicyclic amines) is 1. The van der Waals surface area contributed by atoms with Crippen LogP contribution in [0.2, 0.25) is 5.02 Å². The van der Waals surface area contributed by atoms with Gasteiger partial charge < -0.3 is 4.90 Å². The normalized spacial score (nSPS) is 31.8. The summed E-state index contributed by atoms with van der Waals surface area (Å²) in [5, 5.41) is 0.313. The molecule has 0 N–H and O–H groups in total. The summed E-state index contributed by atoms with van der Waals surface area (Å²) in [6.07, 6.45) is 2.24. The van der Waals surface area contributed by atoms with Crippen molar-refractivity contribution in [2.75, 3.05) is 19.6 Å². The molecule has 0 unspecified atom stereocenters. The van der Waals surface area contributed by atoms with Crippen LogP contribution in [0.15, 0.2) is 48.5 Å². The van der Waals surface area contributed by atoms with E-state index < -0.39 is 5.82 Å². The number of rotatable bonds is 2. The number of carbonyl (C=O) groups is 1. The highest BCUT2D eigenvalue weighted by atomic mass is 35.5. The minimum atomic E-state index is -0.534. The quantitative estimate of drug-likeness (QED) is 0.775. The van der Waals surface area contributed by atoms with E-state index in [1.54, 1.807) is 6.07 Å². The predicted molar refractivity (Wildman–Crippen MR) is 104 cm³/mol. The molecule has 5 heteroatoms. The van der Waals surface area contributed by atoms with Crippen molar-refractivity contribution in [3.8, 4) is 0 Å². The summed E-state index contributed by atoms with van der Waals surface area (Å²) in [6, 6.07) is 15.3. The molecule has 3 atom stereocenters. The van der Waals surface area contributed by atoms with Crippen LogP contribution in [-0.4, -0.2) is 47.4 Å². The third-order valence-electron chi connectivity index (χ3n) is 6.64. The highest BCUT2D eigenvalue weighted by Crippen LogP contribution is 2.47. The Morgan fingerprint density at radius 3 is 2.48 bits per heavy atom. The van der Waals surface area contributed by atoms with E-state index in [-0.39, 0.29) is 23.4 Å². The summed E-state index contributed by atoms with van der Waals surface area (Å²) in [5.74, 6) is 0.0477. The Labute approximate surface area is 163 Å². The van der Waals surface area contributed by atoms with Crippen molar-refractivity contribution in [3.63, 3.8) is 0 Å². The summed E-state index contributed by atoms with van der Waals surface area (Å²) in [5.41, 5.74) is 1.40. The first kappa shape index (κ1) is 17.2. The molecule has 4 heterocycles. The fourth-order valence-electron chi connectivity index (χ4n) is 5.47. The van der Waals surface area contributed by atoms with Crippen LogP contribution in [0.4, 0.5) is 4.39 Å². The molecule has 0 aromatic heterocycles. The highest BCUT2D eigenvalue weighted by molar-refractivity contribution is 6.30. The molecule has 4 aliphatic rings. The van der Waals surface area contributed by atoms with Crippen molar-refractivity contribution in [2.45, 2.75) is 30.8 Å². The Bertz CT molecular complexity index is 866. The molecule has 0 radical (unpaired) electrons. The monoisotopic (exact) mass is 384 g/mol. The SMILES string of the molecule is O=C(c1ccc(Cl)cc1F)N1C[C@H](c2ccccc2)[C@@H]2[C@H]1C1CCN2CC1. The smallest absolute Gasteiger partial charge is 0.257 e. The van der Waals surface area contributed by atoms with Gasteiger partial charge in [0.05, 0.1) is 11.6 Å². The van der Waals surface area contributed by atoms with E-state index in [2.05, 4.69) is 29.2 Å². The van der Waals surface area contributed by atoms with Crippen LogP contribution >= 0.6 is 11.6 Å². The molecule has 1 amide bonds. The zero-order valence-electron chi connectivity index (χ0n) is 15.0. The van der Waals surface area contributed by atoms with E-state index >= 15 is 0 Å². The molecular weight excluding hydrogens is 363 g/mol. The minimum absolute atomic E-state index is 0.128. The average Bonchev–Trinajstić information content (AvgIpc) is 3.12. The maximum absolute atomic E-state index is 14.4. The third kappa shape index (κ3) is 2.77. The molecule has 2 aromatic carbocycles. The fourth-order valence-corrected chi connectivity index (χ4v) is 5.62. The number of fused-ring (bicyclic) bond motifs is 2. The van der Waals surface area contributed by atoms with E-state index in [4.69, 9.17) is 11.6 Å². The number of nitrogens with zero attached hydrogens (tertiary/aromatic N) is 2. The molecule has 2 bridgehead atoms. The molecule has 4 fully saturated rings. The largest absolute Gasteiger partial charge is 0.333 e. The predicted octanol–water partition coefficient (Wildman–Crippen LogP) is 4.18. The van der Waals surface area contributed by atoms with Crippen LogP contribution < -0.4 is 0 Å². The maximum atomic E-state index is 14.4. The van der Waals surface area contributed by atoms with E-state index in [1.165, 1.54) is 17.7 Å². The van der Waals surface area contributed by atoms with Crippen LogP contribution in [0.25, 0.3) is 0 Å². The Morgan fingerprint density at radius 1 is 1.04 bits per heavy atom.